The van der Waals surface area contributed by atoms with Crippen LogP contribution >= 0.6 is 0 Å². The van der Waals surface area contributed by atoms with Gasteiger partial charge in [0.1, 0.15) is 6.61 Å². The van der Waals surface area contributed by atoms with Crippen molar-refractivity contribution in [1.82, 2.24) is 0 Å². The molecule has 0 amide bonds. The van der Waals surface area contributed by atoms with Gasteiger partial charge in [0.05, 0.1) is 0 Å². The molecule has 1 N–H and O–H groups in total. The predicted molar refractivity (Wildman–Crippen MR) is 96.8 cm³/mol. The number of aliphatic hydroxyl groups is 1. The molecule has 3 heteroatoms. The van der Waals surface area contributed by atoms with Gasteiger partial charge in [0, 0.05) is 12.3 Å². The summed E-state index contributed by atoms with van der Waals surface area (Å²) in [5.41, 5.74) is 1.50. The number of hydrogen-bond donors (Lipinski definition) is 1. The highest BCUT2D eigenvalue weighted by atomic mass is 16.3. The van der Waals surface area contributed by atoms with Crippen molar-refractivity contribution in [3.63, 3.8) is 0 Å². The van der Waals surface area contributed by atoms with Gasteiger partial charge in [0.2, 0.25) is 0 Å². The van der Waals surface area contributed by atoms with E-state index in [0.717, 1.165) is 38.5 Å². The molecule has 0 heterocycles. The number of aliphatic hydroxyl groups excluding tert-OH is 1. The summed E-state index contributed by atoms with van der Waals surface area (Å²) in [5.74, 6) is 3.56. The zero-order chi connectivity index (χ0) is 17.8. The van der Waals surface area contributed by atoms with E-state index in [1.165, 1.54) is 18.4 Å². The number of fused-ring (bicyclic) bond motifs is 5. The Hall–Kier alpha value is -0.960. The molecule has 4 rings (SSSR count). The second-order valence-corrected chi connectivity index (χ2v) is 9.35. The number of hydrogen-bond acceptors (Lipinski definition) is 3. The first kappa shape index (κ1) is 17.5. The first-order chi connectivity index (χ1) is 12.0. The zero-order valence-corrected chi connectivity index (χ0v) is 15.7. The van der Waals surface area contributed by atoms with Gasteiger partial charge < -0.3 is 5.11 Å². The van der Waals surface area contributed by atoms with Crippen LogP contribution in [0.25, 0.3) is 0 Å². The van der Waals surface area contributed by atoms with E-state index in [9.17, 15) is 14.7 Å². The summed E-state index contributed by atoms with van der Waals surface area (Å²) < 4.78 is 0. The molecule has 7 unspecified atom stereocenters. The van der Waals surface area contributed by atoms with Gasteiger partial charge >= 0.3 is 0 Å². The Morgan fingerprint density at radius 1 is 1.24 bits per heavy atom. The molecular weight excluding hydrogens is 312 g/mol. The van der Waals surface area contributed by atoms with Crippen LogP contribution in [0.3, 0.4) is 0 Å². The summed E-state index contributed by atoms with van der Waals surface area (Å²) in [6.07, 6.45) is 10.5. The molecule has 3 saturated carbocycles. The van der Waals surface area contributed by atoms with Crippen molar-refractivity contribution in [2.75, 3.05) is 6.61 Å². The van der Waals surface area contributed by atoms with Gasteiger partial charge in [-0.2, -0.15) is 0 Å². The van der Waals surface area contributed by atoms with Crippen LogP contribution in [-0.2, 0) is 9.59 Å². The van der Waals surface area contributed by atoms with Gasteiger partial charge in [0.25, 0.3) is 0 Å². The molecule has 0 radical (unpaired) electrons. The minimum absolute atomic E-state index is 0.0540. The highest BCUT2D eigenvalue weighted by molar-refractivity contribution is 5.91. The second kappa shape index (κ2) is 6.33. The molecule has 0 aromatic heterocycles. The van der Waals surface area contributed by atoms with Crippen LogP contribution < -0.4 is 0 Å². The van der Waals surface area contributed by atoms with Crippen LogP contribution in [0.15, 0.2) is 11.6 Å². The number of allylic oxidation sites excluding steroid dienone is 1. The third kappa shape index (κ3) is 2.57. The third-order valence-electron chi connectivity index (χ3n) is 8.50. The van der Waals surface area contributed by atoms with E-state index in [-0.39, 0.29) is 23.7 Å². The van der Waals surface area contributed by atoms with Crippen molar-refractivity contribution < 1.29 is 14.7 Å². The lowest BCUT2D eigenvalue weighted by atomic mass is 9.51. The van der Waals surface area contributed by atoms with Crippen LogP contribution in [0.2, 0.25) is 0 Å². The molecule has 25 heavy (non-hydrogen) atoms. The van der Waals surface area contributed by atoms with Gasteiger partial charge in [0.15, 0.2) is 11.6 Å². The smallest absolute Gasteiger partial charge is 0.162 e. The third-order valence-corrected chi connectivity index (χ3v) is 8.50. The van der Waals surface area contributed by atoms with E-state index in [0.29, 0.717) is 35.4 Å². The van der Waals surface area contributed by atoms with E-state index in [2.05, 4.69) is 13.8 Å². The van der Waals surface area contributed by atoms with Crippen LogP contribution in [0.1, 0.15) is 65.2 Å². The highest BCUT2D eigenvalue weighted by Gasteiger charge is 2.60. The number of Topliss-reactive ketones (excluding diaryl/α,β-unsaturated/α-hetero) is 1. The Morgan fingerprint density at radius 3 is 2.76 bits per heavy atom. The first-order valence-corrected chi connectivity index (χ1v) is 10.4. The average molecular weight is 344 g/mol. The lowest BCUT2D eigenvalue weighted by molar-refractivity contribution is -0.133. The van der Waals surface area contributed by atoms with Gasteiger partial charge in [-0.25, -0.2) is 0 Å². The molecule has 0 aromatic rings. The fourth-order valence-corrected chi connectivity index (χ4v) is 7.49. The average Bonchev–Trinajstić information content (AvgIpc) is 2.93. The topological polar surface area (TPSA) is 54.4 Å². The van der Waals surface area contributed by atoms with Crippen molar-refractivity contribution in [1.29, 1.82) is 0 Å². The van der Waals surface area contributed by atoms with E-state index < -0.39 is 0 Å². The van der Waals surface area contributed by atoms with Crippen molar-refractivity contribution in [2.45, 2.75) is 65.2 Å². The maximum atomic E-state index is 12.6. The molecule has 3 fully saturated rings. The summed E-state index contributed by atoms with van der Waals surface area (Å²) in [6.45, 7) is 4.25. The first-order valence-electron chi connectivity index (χ1n) is 10.4. The van der Waals surface area contributed by atoms with Crippen molar-refractivity contribution in [3.8, 4) is 0 Å². The quantitative estimate of drug-likeness (QED) is 0.843. The van der Waals surface area contributed by atoms with Gasteiger partial charge in [-0.05, 0) is 79.6 Å². The molecule has 0 saturated heterocycles. The Kier molecular flexibility index (Phi) is 4.42. The predicted octanol–water partition coefficient (Wildman–Crippen LogP) is 3.94. The van der Waals surface area contributed by atoms with E-state index >= 15 is 0 Å². The Labute approximate surface area is 151 Å². The molecule has 7 atom stereocenters. The van der Waals surface area contributed by atoms with Gasteiger partial charge in [-0.15, -0.1) is 0 Å². The Morgan fingerprint density at radius 2 is 2.04 bits per heavy atom. The molecule has 0 spiro atoms. The van der Waals surface area contributed by atoms with Crippen molar-refractivity contribution >= 4 is 11.6 Å². The number of carbonyl (C=O) groups is 2. The van der Waals surface area contributed by atoms with E-state index in [4.69, 9.17) is 0 Å². The largest absolute Gasteiger partial charge is 0.389 e. The standard InChI is InChI=1S/C22H32O3/c1-3-13-11-19-18-6-4-14-10-15(24)5-7-16(14)17(18)8-9-22(19,2)21(13)20(25)12-23/h10,13,16-19,21,23H,3-9,11-12H2,1-2H3. The molecular formula is C22H32O3. The molecule has 0 bridgehead atoms. The number of carbonyl (C=O) groups excluding carboxylic acids is 2. The lowest BCUT2D eigenvalue weighted by Crippen LogP contribution is -2.48. The van der Waals surface area contributed by atoms with E-state index in [1.54, 1.807) is 0 Å². The fraction of sp³-hybridized carbons (Fsp3) is 0.818. The van der Waals surface area contributed by atoms with Gasteiger partial charge in [-0.3, -0.25) is 9.59 Å². The maximum Gasteiger partial charge on any atom is 0.162 e. The van der Waals surface area contributed by atoms with Crippen molar-refractivity contribution in [2.24, 2.45) is 40.9 Å². The van der Waals surface area contributed by atoms with Crippen LogP contribution in [0, 0.1) is 40.9 Å². The maximum absolute atomic E-state index is 12.6. The molecule has 0 aromatic carbocycles. The Bertz CT molecular complexity index is 606. The SMILES string of the molecule is CCC1CC2C3CCC4=CC(=O)CCC4C3CCC2(C)C1C(=O)CO. The molecule has 4 aliphatic rings. The van der Waals surface area contributed by atoms with Crippen LogP contribution in [0.4, 0.5) is 0 Å². The number of rotatable bonds is 3. The summed E-state index contributed by atoms with van der Waals surface area (Å²) in [7, 11) is 0. The van der Waals surface area contributed by atoms with Crippen molar-refractivity contribution in [3.05, 3.63) is 11.6 Å². The molecule has 0 aliphatic heterocycles. The summed E-state index contributed by atoms with van der Waals surface area (Å²) in [5, 5.41) is 9.54. The van der Waals surface area contributed by atoms with E-state index in [1.807, 2.05) is 6.08 Å². The minimum atomic E-state index is -0.296. The van der Waals surface area contributed by atoms with Crippen LogP contribution in [-0.4, -0.2) is 23.3 Å². The highest BCUT2D eigenvalue weighted by Crippen LogP contribution is 2.65. The minimum Gasteiger partial charge on any atom is -0.389 e. The monoisotopic (exact) mass is 344 g/mol. The van der Waals surface area contributed by atoms with Crippen LogP contribution in [0.5, 0.6) is 0 Å². The summed E-state index contributed by atoms with van der Waals surface area (Å²) in [4.78, 5) is 24.4. The zero-order valence-electron chi connectivity index (χ0n) is 15.7. The normalized spacial score (nSPS) is 46.0. The van der Waals surface area contributed by atoms with Gasteiger partial charge in [-0.1, -0.05) is 25.8 Å². The summed E-state index contributed by atoms with van der Waals surface area (Å²) >= 11 is 0. The fourth-order valence-electron chi connectivity index (χ4n) is 7.49. The summed E-state index contributed by atoms with van der Waals surface area (Å²) in [6, 6.07) is 0. The molecule has 4 aliphatic carbocycles. The second-order valence-electron chi connectivity index (χ2n) is 9.35. The Balaban J connectivity index is 1.64. The lowest BCUT2D eigenvalue weighted by Gasteiger charge is -2.53. The molecule has 3 nitrogen and oxygen atoms in total. The number of ketones is 2. The molecule has 138 valence electrons.